The van der Waals surface area contributed by atoms with Gasteiger partial charge in [0.05, 0.1) is 11.1 Å². The van der Waals surface area contributed by atoms with Gasteiger partial charge >= 0.3 is 0 Å². The maximum Gasteiger partial charge on any atom is 0.123 e. The summed E-state index contributed by atoms with van der Waals surface area (Å²) in [5.41, 5.74) is 2.84. The Morgan fingerprint density at radius 3 is 2.47 bits per heavy atom. The molecule has 0 spiro atoms. The van der Waals surface area contributed by atoms with Gasteiger partial charge in [0.1, 0.15) is 5.82 Å². The lowest BCUT2D eigenvalue weighted by Crippen LogP contribution is -2.18. The molecular formula is C15H14ClFIN. The van der Waals surface area contributed by atoms with E-state index in [4.69, 9.17) is 11.6 Å². The zero-order chi connectivity index (χ0) is 14.0. The van der Waals surface area contributed by atoms with Gasteiger partial charge in [-0.25, -0.2) is 4.39 Å². The number of hydrogen-bond donors (Lipinski definition) is 1. The Hall–Kier alpha value is -0.650. The average Bonchev–Trinajstić information content (AvgIpc) is 2.33. The van der Waals surface area contributed by atoms with Gasteiger partial charge in [-0.15, -0.1) is 0 Å². The van der Waals surface area contributed by atoms with Crippen molar-refractivity contribution in [3.05, 3.63) is 67.5 Å². The van der Waals surface area contributed by atoms with Crippen molar-refractivity contribution < 1.29 is 4.39 Å². The van der Waals surface area contributed by atoms with Gasteiger partial charge in [0, 0.05) is 3.57 Å². The summed E-state index contributed by atoms with van der Waals surface area (Å²) in [7, 11) is 1.86. The molecule has 0 amide bonds. The monoisotopic (exact) mass is 389 g/mol. The zero-order valence-electron chi connectivity index (χ0n) is 10.7. The van der Waals surface area contributed by atoms with Crippen LogP contribution in [0.1, 0.15) is 22.7 Å². The fraction of sp³-hybridized carbons (Fsp3) is 0.200. The first kappa shape index (κ1) is 14.8. The molecule has 19 heavy (non-hydrogen) atoms. The van der Waals surface area contributed by atoms with Crippen LogP contribution in [0.3, 0.4) is 0 Å². The SMILES string of the molecule is CNC(c1cc(C)cc(F)c1)c1ccc(I)c(Cl)c1. The van der Waals surface area contributed by atoms with E-state index in [1.165, 1.54) is 6.07 Å². The fourth-order valence-electron chi connectivity index (χ4n) is 2.15. The van der Waals surface area contributed by atoms with E-state index in [1.807, 2.05) is 38.2 Å². The molecule has 1 atom stereocenters. The summed E-state index contributed by atoms with van der Waals surface area (Å²) >= 11 is 8.35. The van der Waals surface area contributed by atoms with Crippen LogP contribution in [0.2, 0.25) is 5.02 Å². The number of halogens is 3. The Balaban J connectivity index is 2.46. The number of benzene rings is 2. The van der Waals surface area contributed by atoms with Gasteiger partial charge in [0.15, 0.2) is 0 Å². The lowest BCUT2D eigenvalue weighted by Gasteiger charge is -2.18. The number of rotatable bonds is 3. The highest BCUT2D eigenvalue weighted by molar-refractivity contribution is 14.1. The largest absolute Gasteiger partial charge is 0.309 e. The molecule has 0 bridgehead atoms. The molecule has 0 aliphatic heterocycles. The molecule has 0 heterocycles. The van der Waals surface area contributed by atoms with Gasteiger partial charge < -0.3 is 5.32 Å². The van der Waals surface area contributed by atoms with Gasteiger partial charge in [-0.3, -0.25) is 0 Å². The van der Waals surface area contributed by atoms with Crippen LogP contribution in [0, 0.1) is 16.3 Å². The van der Waals surface area contributed by atoms with E-state index in [2.05, 4.69) is 27.9 Å². The third kappa shape index (κ3) is 3.46. The third-order valence-corrected chi connectivity index (χ3v) is 4.54. The van der Waals surface area contributed by atoms with E-state index >= 15 is 0 Å². The molecule has 0 fully saturated rings. The van der Waals surface area contributed by atoms with Crippen molar-refractivity contribution in [1.29, 1.82) is 0 Å². The van der Waals surface area contributed by atoms with E-state index in [1.54, 1.807) is 6.07 Å². The summed E-state index contributed by atoms with van der Waals surface area (Å²) in [5, 5.41) is 3.92. The first-order valence-corrected chi connectivity index (χ1v) is 7.36. The minimum atomic E-state index is -0.216. The molecule has 2 rings (SSSR count). The van der Waals surface area contributed by atoms with Crippen molar-refractivity contribution in [2.45, 2.75) is 13.0 Å². The minimum absolute atomic E-state index is 0.0658. The number of nitrogens with one attached hydrogen (secondary N) is 1. The van der Waals surface area contributed by atoms with Crippen LogP contribution in [-0.2, 0) is 0 Å². The molecule has 0 saturated heterocycles. The second-order valence-electron chi connectivity index (χ2n) is 4.46. The van der Waals surface area contributed by atoms with Crippen molar-refractivity contribution in [2.24, 2.45) is 0 Å². The van der Waals surface area contributed by atoms with Crippen molar-refractivity contribution in [3.8, 4) is 0 Å². The van der Waals surface area contributed by atoms with Gasteiger partial charge in [-0.05, 0) is 77.5 Å². The number of aryl methyl sites for hydroxylation is 1. The molecule has 0 saturated carbocycles. The maximum atomic E-state index is 13.5. The van der Waals surface area contributed by atoms with E-state index < -0.39 is 0 Å². The predicted octanol–water partition coefficient (Wildman–Crippen LogP) is 4.70. The van der Waals surface area contributed by atoms with E-state index in [-0.39, 0.29) is 11.9 Å². The van der Waals surface area contributed by atoms with Crippen molar-refractivity contribution in [2.75, 3.05) is 7.05 Å². The zero-order valence-corrected chi connectivity index (χ0v) is 13.6. The van der Waals surface area contributed by atoms with Crippen molar-refractivity contribution in [1.82, 2.24) is 5.32 Å². The second-order valence-corrected chi connectivity index (χ2v) is 6.03. The normalized spacial score (nSPS) is 12.5. The van der Waals surface area contributed by atoms with Crippen molar-refractivity contribution in [3.63, 3.8) is 0 Å². The Morgan fingerprint density at radius 2 is 1.89 bits per heavy atom. The summed E-state index contributed by atoms with van der Waals surface area (Å²) < 4.78 is 14.5. The highest BCUT2D eigenvalue weighted by Crippen LogP contribution is 2.28. The molecule has 1 nitrogen and oxygen atoms in total. The van der Waals surface area contributed by atoms with Gasteiger partial charge in [-0.2, -0.15) is 0 Å². The highest BCUT2D eigenvalue weighted by atomic mass is 127. The minimum Gasteiger partial charge on any atom is -0.309 e. The third-order valence-electron chi connectivity index (χ3n) is 2.96. The number of hydrogen-bond acceptors (Lipinski definition) is 1. The quantitative estimate of drug-likeness (QED) is 0.750. The van der Waals surface area contributed by atoms with Crippen LogP contribution in [-0.4, -0.2) is 7.05 Å². The molecule has 0 radical (unpaired) electrons. The highest BCUT2D eigenvalue weighted by Gasteiger charge is 2.14. The molecule has 4 heteroatoms. The lowest BCUT2D eigenvalue weighted by atomic mass is 9.97. The van der Waals surface area contributed by atoms with Crippen LogP contribution in [0.25, 0.3) is 0 Å². The lowest BCUT2D eigenvalue weighted by molar-refractivity contribution is 0.615. The molecule has 0 aromatic heterocycles. The van der Waals surface area contributed by atoms with Crippen LogP contribution in [0.15, 0.2) is 36.4 Å². The molecule has 2 aromatic rings. The molecule has 2 aromatic carbocycles. The van der Waals surface area contributed by atoms with Crippen LogP contribution in [0.4, 0.5) is 4.39 Å². The molecule has 0 aliphatic carbocycles. The van der Waals surface area contributed by atoms with Gasteiger partial charge in [0.25, 0.3) is 0 Å². The summed E-state index contributed by atoms with van der Waals surface area (Å²) in [4.78, 5) is 0. The fourth-order valence-corrected chi connectivity index (χ4v) is 2.67. The smallest absolute Gasteiger partial charge is 0.123 e. The summed E-state index contributed by atoms with van der Waals surface area (Å²) in [6.07, 6.45) is 0. The Kier molecular flexibility index (Phi) is 4.81. The van der Waals surface area contributed by atoms with Crippen LogP contribution in [0.5, 0.6) is 0 Å². The second kappa shape index (κ2) is 6.20. The Bertz CT molecular complexity index is 580. The summed E-state index contributed by atoms with van der Waals surface area (Å²) in [5.74, 6) is -0.216. The van der Waals surface area contributed by atoms with E-state index in [0.29, 0.717) is 5.02 Å². The summed E-state index contributed by atoms with van der Waals surface area (Å²) in [6, 6.07) is 10.9. The summed E-state index contributed by atoms with van der Waals surface area (Å²) in [6.45, 7) is 1.89. The predicted molar refractivity (Wildman–Crippen MR) is 86.2 cm³/mol. The van der Waals surface area contributed by atoms with Gasteiger partial charge in [0.2, 0.25) is 0 Å². The molecule has 1 unspecified atom stereocenters. The van der Waals surface area contributed by atoms with E-state index in [9.17, 15) is 4.39 Å². The van der Waals surface area contributed by atoms with E-state index in [0.717, 1.165) is 20.3 Å². The van der Waals surface area contributed by atoms with Crippen molar-refractivity contribution >= 4 is 34.2 Å². The maximum absolute atomic E-state index is 13.5. The first-order valence-electron chi connectivity index (χ1n) is 5.90. The molecule has 0 aliphatic rings. The molecule has 1 N–H and O–H groups in total. The molecular weight excluding hydrogens is 376 g/mol. The topological polar surface area (TPSA) is 12.0 Å². The Labute approximate surface area is 131 Å². The van der Waals surface area contributed by atoms with Crippen LogP contribution >= 0.6 is 34.2 Å². The first-order chi connectivity index (χ1) is 9.01. The molecule has 100 valence electrons. The Morgan fingerprint density at radius 1 is 1.16 bits per heavy atom. The standard InChI is InChI=1S/C15H14ClFIN/c1-9-5-11(7-12(17)6-9)15(19-2)10-3-4-14(18)13(16)8-10/h3-8,15,19H,1-2H3. The average molecular weight is 390 g/mol. The van der Waals surface area contributed by atoms with Gasteiger partial charge in [-0.1, -0.05) is 23.7 Å². The van der Waals surface area contributed by atoms with Crippen LogP contribution < -0.4 is 5.32 Å².